The van der Waals surface area contributed by atoms with Gasteiger partial charge in [-0.1, -0.05) is 18.6 Å². The minimum absolute atomic E-state index is 0.0400. The molecule has 0 unspecified atom stereocenters. The second-order valence-electron chi connectivity index (χ2n) is 4.63. The first-order valence-electron chi connectivity index (χ1n) is 6.15. The van der Waals surface area contributed by atoms with E-state index in [2.05, 4.69) is 5.32 Å². The zero-order valence-electron chi connectivity index (χ0n) is 10.4. The molecule has 0 bridgehead atoms. The molecule has 1 atom stereocenters. The molecule has 0 aliphatic heterocycles. The lowest BCUT2D eigenvalue weighted by atomic mass is 9.84. The van der Waals surface area contributed by atoms with Crippen LogP contribution in [0.5, 0.6) is 5.75 Å². The van der Waals surface area contributed by atoms with E-state index < -0.39 is 0 Å². The van der Waals surface area contributed by atoms with Crippen LogP contribution in [0.3, 0.4) is 0 Å². The van der Waals surface area contributed by atoms with Crippen LogP contribution in [-0.2, 0) is 4.79 Å². The van der Waals surface area contributed by atoms with E-state index in [1.54, 1.807) is 7.11 Å². The lowest BCUT2D eigenvalue weighted by molar-refractivity contribution is -0.128. The standard InChI is InChI=1S/C14H19NO2/c1-10(15-14(16)11-5-3-6-11)12-7-4-8-13(9-12)17-2/h4,7-11H,3,5-6H2,1-2H3,(H,15,16)/t10-/m1/s1. The van der Waals surface area contributed by atoms with Crippen molar-refractivity contribution < 1.29 is 9.53 Å². The predicted octanol–water partition coefficient (Wildman–Crippen LogP) is 2.67. The Morgan fingerprint density at radius 2 is 2.24 bits per heavy atom. The smallest absolute Gasteiger partial charge is 0.223 e. The van der Waals surface area contributed by atoms with Crippen molar-refractivity contribution in [2.24, 2.45) is 5.92 Å². The van der Waals surface area contributed by atoms with Crippen molar-refractivity contribution >= 4 is 5.91 Å². The Hall–Kier alpha value is -1.51. The van der Waals surface area contributed by atoms with Gasteiger partial charge in [0.1, 0.15) is 5.75 Å². The number of nitrogens with one attached hydrogen (secondary N) is 1. The van der Waals surface area contributed by atoms with Crippen molar-refractivity contribution in [3.05, 3.63) is 29.8 Å². The van der Waals surface area contributed by atoms with Gasteiger partial charge in [-0.15, -0.1) is 0 Å². The second-order valence-corrected chi connectivity index (χ2v) is 4.63. The highest BCUT2D eigenvalue weighted by molar-refractivity contribution is 5.79. The third kappa shape index (κ3) is 2.78. The highest BCUT2D eigenvalue weighted by Gasteiger charge is 2.26. The van der Waals surface area contributed by atoms with Crippen molar-refractivity contribution in [2.45, 2.75) is 32.2 Å². The van der Waals surface area contributed by atoms with Gasteiger partial charge < -0.3 is 10.1 Å². The van der Waals surface area contributed by atoms with E-state index in [9.17, 15) is 4.79 Å². The van der Waals surface area contributed by atoms with Crippen LogP contribution in [0.4, 0.5) is 0 Å². The summed E-state index contributed by atoms with van der Waals surface area (Å²) in [5.74, 6) is 1.25. The van der Waals surface area contributed by atoms with Gasteiger partial charge in [0.2, 0.25) is 5.91 Å². The summed E-state index contributed by atoms with van der Waals surface area (Å²) in [6.45, 7) is 2.01. The first kappa shape index (κ1) is 12.0. The topological polar surface area (TPSA) is 38.3 Å². The number of carbonyl (C=O) groups is 1. The second kappa shape index (κ2) is 5.21. The normalized spacial score (nSPS) is 17.1. The molecule has 1 fully saturated rings. The Morgan fingerprint density at radius 1 is 1.47 bits per heavy atom. The maximum atomic E-state index is 11.8. The zero-order valence-corrected chi connectivity index (χ0v) is 10.4. The average molecular weight is 233 g/mol. The quantitative estimate of drug-likeness (QED) is 0.868. The Balaban J connectivity index is 1.98. The van der Waals surface area contributed by atoms with Crippen LogP contribution in [0.2, 0.25) is 0 Å². The van der Waals surface area contributed by atoms with E-state index in [0.29, 0.717) is 0 Å². The summed E-state index contributed by atoms with van der Waals surface area (Å²) in [5, 5.41) is 3.05. The molecule has 1 N–H and O–H groups in total. The van der Waals surface area contributed by atoms with Gasteiger partial charge in [0, 0.05) is 5.92 Å². The zero-order chi connectivity index (χ0) is 12.3. The van der Waals surface area contributed by atoms with Crippen molar-refractivity contribution in [3.63, 3.8) is 0 Å². The Bertz CT molecular complexity index is 399. The molecule has 17 heavy (non-hydrogen) atoms. The number of benzene rings is 1. The molecular weight excluding hydrogens is 214 g/mol. The molecule has 0 spiro atoms. The van der Waals surface area contributed by atoms with Crippen LogP contribution in [0, 0.1) is 5.92 Å². The van der Waals surface area contributed by atoms with Crippen molar-refractivity contribution in [1.29, 1.82) is 0 Å². The largest absolute Gasteiger partial charge is 0.497 e. The van der Waals surface area contributed by atoms with Crippen LogP contribution >= 0.6 is 0 Å². The van der Waals surface area contributed by atoms with E-state index in [4.69, 9.17) is 4.74 Å². The SMILES string of the molecule is COc1cccc([C@@H](C)NC(=O)C2CCC2)c1. The fourth-order valence-electron chi connectivity index (χ4n) is 2.00. The van der Waals surface area contributed by atoms with Gasteiger partial charge in [-0.2, -0.15) is 0 Å². The van der Waals surface area contributed by atoms with Crippen LogP contribution in [0.15, 0.2) is 24.3 Å². The molecule has 3 nitrogen and oxygen atoms in total. The summed E-state index contributed by atoms with van der Waals surface area (Å²) in [5.41, 5.74) is 1.08. The lowest BCUT2D eigenvalue weighted by Gasteiger charge is -2.26. The third-order valence-electron chi connectivity index (χ3n) is 3.43. The van der Waals surface area contributed by atoms with Gasteiger partial charge in [0.15, 0.2) is 0 Å². The van der Waals surface area contributed by atoms with E-state index in [1.807, 2.05) is 31.2 Å². The van der Waals surface area contributed by atoms with Gasteiger partial charge in [-0.25, -0.2) is 0 Å². The molecule has 1 aromatic rings. The highest BCUT2D eigenvalue weighted by atomic mass is 16.5. The van der Waals surface area contributed by atoms with Crippen molar-refractivity contribution in [3.8, 4) is 5.75 Å². The number of amides is 1. The Labute approximate surface area is 102 Å². The molecule has 0 radical (unpaired) electrons. The molecule has 1 aromatic carbocycles. The summed E-state index contributed by atoms with van der Waals surface area (Å²) >= 11 is 0. The number of hydrogen-bond acceptors (Lipinski definition) is 2. The number of hydrogen-bond donors (Lipinski definition) is 1. The molecule has 1 aliphatic rings. The summed E-state index contributed by atoms with van der Waals surface area (Å²) < 4.78 is 5.18. The summed E-state index contributed by atoms with van der Waals surface area (Å²) in [6.07, 6.45) is 3.26. The fraction of sp³-hybridized carbons (Fsp3) is 0.500. The summed E-state index contributed by atoms with van der Waals surface area (Å²) in [6, 6.07) is 7.86. The van der Waals surface area contributed by atoms with Gasteiger partial charge >= 0.3 is 0 Å². The Morgan fingerprint density at radius 3 is 2.82 bits per heavy atom. The molecule has 92 valence electrons. The van der Waals surface area contributed by atoms with E-state index in [1.165, 1.54) is 6.42 Å². The van der Waals surface area contributed by atoms with Crippen LogP contribution in [-0.4, -0.2) is 13.0 Å². The molecule has 1 saturated carbocycles. The van der Waals surface area contributed by atoms with Gasteiger partial charge in [-0.05, 0) is 37.5 Å². The molecule has 1 amide bonds. The number of carbonyl (C=O) groups excluding carboxylic acids is 1. The fourth-order valence-corrected chi connectivity index (χ4v) is 2.00. The molecule has 3 heteroatoms. The first-order chi connectivity index (χ1) is 8.20. The van der Waals surface area contributed by atoms with Gasteiger partial charge in [0.25, 0.3) is 0 Å². The Kier molecular flexibility index (Phi) is 3.67. The summed E-state index contributed by atoms with van der Waals surface area (Å²) in [7, 11) is 1.65. The van der Waals surface area contributed by atoms with Crippen LogP contribution < -0.4 is 10.1 Å². The maximum absolute atomic E-state index is 11.8. The molecule has 0 saturated heterocycles. The van der Waals surface area contributed by atoms with Crippen LogP contribution in [0.25, 0.3) is 0 Å². The predicted molar refractivity (Wildman–Crippen MR) is 66.9 cm³/mol. The highest BCUT2D eigenvalue weighted by Crippen LogP contribution is 2.27. The number of methoxy groups -OCH3 is 1. The van der Waals surface area contributed by atoms with Gasteiger partial charge in [-0.3, -0.25) is 4.79 Å². The maximum Gasteiger partial charge on any atom is 0.223 e. The molecule has 0 aromatic heterocycles. The number of ether oxygens (including phenoxy) is 1. The van der Waals surface area contributed by atoms with Crippen molar-refractivity contribution in [2.75, 3.05) is 7.11 Å². The minimum atomic E-state index is 0.0400. The van der Waals surface area contributed by atoms with Crippen LogP contribution in [0.1, 0.15) is 37.8 Å². The molecule has 2 rings (SSSR count). The van der Waals surface area contributed by atoms with E-state index in [-0.39, 0.29) is 17.9 Å². The number of rotatable bonds is 4. The monoisotopic (exact) mass is 233 g/mol. The third-order valence-corrected chi connectivity index (χ3v) is 3.43. The lowest BCUT2D eigenvalue weighted by Crippen LogP contribution is -2.35. The molecular formula is C14H19NO2. The molecule has 0 heterocycles. The van der Waals surface area contributed by atoms with E-state index in [0.717, 1.165) is 24.2 Å². The average Bonchev–Trinajstić information content (AvgIpc) is 2.26. The van der Waals surface area contributed by atoms with Gasteiger partial charge in [0.05, 0.1) is 13.2 Å². The van der Waals surface area contributed by atoms with E-state index >= 15 is 0 Å². The first-order valence-corrected chi connectivity index (χ1v) is 6.15. The summed E-state index contributed by atoms with van der Waals surface area (Å²) in [4.78, 5) is 11.8. The van der Waals surface area contributed by atoms with Crippen molar-refractivity contribution in [1.82, 2.24) is 5.32 Å². The molecule has 1 aliphatic carbocycles. The minimum Gasteiger partial charge on any atom is -0.497 e.